The molecule has 3 saturated heterocycles. The van der Waals surface area contributed by atoms with Gasteiger partial charge in [-0.2, -0.15) is 0 Å². The van der Waals surface area contributed by atoms with Crippen molar-refractivity contribution < 1.29 is 102 Å². The maximum Gasteiger partial charge on any atom is 0.410 e. The Morgan fingerprint density at radius 1 is 0.588 bits per heavy atom. The summed E-state index contributed by atoms with van der Waals surface area (Å²) in [6.45, 7) is 10.4. The lowest BCUT2D eigenvalue weighted by Crippen LogP contribution is -2.57. The zero-order valence-corrected chi connectivity index (χ0v) is 59.9. The number of fused-ring (bicyclic) bond motifs is 6. The molecule has 8 amide bonds. The predicted octanol–water partition coefficient (Wildman–Crippen LogP) is 5.11. The topological polar surface area (TPSA) is 355 Å². The molecule has 6 heterocycles. The Kier molecular flexibility index (Phi) is 22.2. The highest BCUT2D eigenvalue weighted by Crippen LogP contribution is 2.49. The van der Waals surface area contributed by atoms with Gasteiger partial charge in [-0.25, -0.2) is 35.2 Å². The number of ether oxygens (including phenoxy) is 6. The van der Waals surface area contributed by atoms with Gasteiger partial charge in [-0.05, 0) is 135 Å². The molecule has 28 nitrogen and oxygen atoms in total. The Bertz CT molecular complexity index is 3890. The number of hydrogen-bond acceptors (Lipinski definition) is 20. The SMILES string of the molecule is CC(C)(C)OC(=O)C[C@H]1COCCC/C=C\[C@@H]2C[C@@]2(C(=O)NS(=O)(=O)C2CC2)NC(=O)[C@@H]2C[C@@H](OC(=O)N3Cc4cccc(F)c4C3)CN2C1=O.CC(C)(C)OC(=O)C[C@H]1COCCCCC[C@@H]2C[C@@]2(C(=O)NS(=O)(=O)C2CC2)NC(=O)[C@@H]2C[C@@H](OC(=O)N3Cc4cccc(F)c4C3)CN2C1=O. The molecule has 2 aromatic carbocycles. The minimum atomic E-state index is -3.93. The van der Waals surface area contributed by atoms with Gasteiger partial charge in [0.1, 0.15) is 58.2 Å². The molecule has 6 aliphatic heterocycles. The van der Waals surface area contributed by atoms with E-state index in [9.17, 15) is 73.6 Å². The van der Waals surface area contributed by atoms with Crippen molar-refractivity contribution in [1.82, 2.24) is 39.7 Å². The number of hydrogen-bond donors (Lipinski definition) is 4. The third-order valence-electron chi connectivity index (χ3n) is 20.0. The zero-order chi connectivity index (χ0) is 73.4. The smallest absolute Gasteiger partial charge is 0.410 e. The number of amides is 8. The van der Waals surface area contributed by atoms with Crippen LogP contribution in [0.1, 0.15) is 167 Å². The van der Waals surface area contributed by atoms with E-state index < -0.39 is 166 Å². The zero-order valence-electron chi connectivity index (χ0n) is 58.3. The van der Waals surface area contributed by atoms with Gasteiger partial charge >= 0.3 is 24.1 Å². The second kappa shape index (κ2) is 30.1. The quantitative estimate of drug-likeness (QED) is 0.122. The second-order valence-electron chi connectivity index (χ2n) is 30.5. The summed E-state index contributed by atoms with van der Waals surface area (Å²) < 4.78 is 118. The summed E-state index contributed by atoms with van der Waals surface area (Å²) in [5.74, 6) is -9.32. The van der Waals surface area contributed by atoms with Crippen molar-refractivity contribution in [2.45, 2.75) is 228 Å². The lowest BCUT2D eigenvalue weighted by Gasteiger charge is -2.29. The highest BCUT2D eigenvalue weighted by molar-refractivity contribution is 7.91. The van der Waals surface area contributed by atoms with E-state index in [1.54, 1.807) is 71.9 Å². The third-order valence-corrected chi connectivity index (χ3v) is 23.6. The van der Waals surface area contributed by atoms with Gasteiger partial charge in [0.05, 0.1) is 74.6 Å². The maximum atomic E-state index is 14.4. The normalized spacial score (nSPS) is 28.9. The molecule has 0 radical (unpaired) electrons. The molecule has 102 heavy (non-hydrogen) atoms. The molecule has 0 spiro atoms. The highest BCUT2D eigenvalue weighted by Gasteiger charge is 2.64. The molecule has 12 rings (SSSR count). The number of sulfonamides is 2. The van der Waals surface area contributed by atoms with Crippen LogP contribution in [0.25, 0.3) is 0 Å². The Balaban J connectivity index is 0.000000205. The molecule has 4 aliphatic carbocycles. The van der Waals surface area contributed by atoms with E-state index in [4.69, 9.17) is 28.4 Å². The summed E-state index contributed by atoms with van der Waals surface area (Å²) in [5, 5.41) is 4.28. The molecule has 4 N–H and O–H groups in total. The van der Waals surface area contributed by atoms with Crippen LogP contribution in [0, 0.1) is 35.3 Å². The van der Waals surface area contributed by atoms with Gasteiger partial charge in [0.25, 0.3) is 11.8 Å². The van der Waals surface area contributed by atoms with Crippen molar-refractivity contribution in [3.8, 4) is 0 Å². The van der Waals surface area contributed by atoms with E-state index in [1.807, 2.05) is 6.08 Å². The molecule has 0 bridgehead atoms. The van der Waals surface area contributed by atoms with E-state index in [2.05, 4.69) is 20.1 Å². The van der Waals surface area contributed by atoms with Crippen LogP contribution >= 0.6 is 0 Å². The molecule has 4 saturated carbocycles. The molecule has 10 aliphatic rings. The monoisotopic (exact) mass is 1470 g/mol. The van der Waals surface area contributed by atoms with E-state index in [0.29, 0.717) is 86.6 Å². The standard InChI is InChI=1S/C35H47FN4O10S.C35H45FN4O10S/c2*1-34(2,3)50-29(41)14-22-20-48-13-6-4-5-9-23-16-35(23,32(44)38-51(46,47)25-11-12-25)37-30(42)28-15-24(18-40(28)31(22)43)49-33(45)39-17-21-8-7-10-27(36)26(21)19-39/h7-8,10,22-25,28H,4-6,9,11-20H2,1-3H3,(H,37,42)(H,38,44);5,7-10,22-25,28H,4,6,11-20H2,1-3H3,(H,37,42)(H,38,44)/b;9-5-/t2*22-,23+,24+,28-,35+/m00/s1. The predicted molar refractivity (Wildman–Crippen MR) is 357 cm³/mol. The molecular weight excluding hydrogens is 1370 g/mol. The average molecular weight is 1470 g/mol. The number of halogens is 2. The number of nitrogens with zero attached hydrogens (tertiary/aromatic N) is 4. The first-order valence-corrected chi connectivity index (χ1v) is 38.3. The van der Waals surface area contributed by atoms with Crippen LogP contribution < -0.4 is 20.1 Å². The molecule has 2 aromatic rings. The van der Waals surface area contributed by atoms with Gasteiger partial charge < -0.3 is 48.9 Å². The number of rotatable bonds is 12. The molecule has 558 valence electrons. The highest BCUT2D eigenvalue weighted by atomic mass is 32.2. The molecule has 7 fully saturated rings. The van der Waals surface area contributed by atoms with E-state index >= 15 is 0 Å². The minimum absolute atomic E-state index is 0.00178. The first-order valence-electron chi connectivity index (χ1n) is 35.2. The van der Waals surface area contributed by atoms with Crippen molar-refractivity contribution in [2.24, 2.45) is 23.7 Å². The number of allylic oxidation sites excluding steroid dienone is 1. The number of esters is 2. The van der Waals surface area contributed by atoms with Gasteiger partial charge in [0.15, 0.2) is 0 Å². The molecule has 0 aromatic heterocycles. The van der Waals surface area contributed by atoms with Crippen LogP contribution in [0.5, 0.6) is 0 Å². The van der Waals surface area contributed by atoms with E-state index in [0.717, 1.165) is 6.42 Å². The van der Waals surface area contributed by atoms with Gasteiger partial charge in [-0.3, -0.25) is 57.6 Å². The largest absolute Gasteiger partial charge is 0.460 e. The molecule has 32 heteroatoms. The van der Waals surface area contributed by atoms with Gasteiger partial charge in [0.2, 0.25) is 43.7 Å². The fourth-order valence-corrected chi connectivity index (χ4v) is 16.9. The van der Waals surface area contributed by atoms with Crippen LogP contribution in [-0.2, 0) is 113 Å². The van der Waals surface area contributed by atoms with Crippen LogP contribution in [0.3, 0.4) is 0 Å². The van der Waals surface area contributed by atoms with Crippen molar-refractivity contribution in [1.29, 1.82) is 0 Å². The summed E-state index contributed by atoms with van der Waals surface area (Å²) in [6.07, 6.45) is 5.19. The Hall–Kier alpha value is -7.84. The van der Waals surface area contributed by atoms with Gasteiger partial charge in [-0.15, -0.1) is 0 Å². The summed E-state index contributed by atoms with van der Waals surface area (Å²) >= 11 is 0. The maximum absolute atomic E-state index is 14.4. The summed E-state index contributed by atoms with van der Waals surface area (Å²) in [5.41, 5.74) is -2.62. The molecule has 10 atom stereocenters. The number of carbonyl (C=O) groups excluding carboxylic acids is 10. The Labute approximate surface area is 591 Å². The third kappa shape index (κ3) is 18.0. The van der Waals surface area contributed by atoms with Crippen LogP contribution in [0.15, 0.2) is 48.6 Å². The van der Waals surface area contributed by atoms with Crippen LogP contribution in [0.4, 0.5) is 18.4 Å². The Morgan fingerprint density at radius 2 is 1.04 bits per heavy atom. The average Bonchev–Trinajstić information content (AvgIpc) is 1.58. The van der Waals surface area contributed by atoms with Crippen molar-refractivity contribution >= 4 is 79.6 Å². The van der Waals surface area contributed by atoms with Gasteiger partial charge in [-0.1, -0.05) is 49.3 Å². The number of carbonyl (C=O) groups is 10. The summed E-state index contributed by atoms with van der Waals surface area (Å²) in [6, 6.07) is 6.72. The lowest BCUT2D eigenvalue weighted by molar-refractivity contribution is -0.160. The number of benzene rings is 2. The number of nitrogens with one attached hydrogen (secondary N) is 4. The first kappa shape index (κ1) is 75.3. The first-order chi connectivity index (χ1) is 48.1. The molecule has 0 unspecified atom stereocenters. The Morgan fingerprint density at radius 3 is 1.49 bits per heavy atom. The van der Waals surface area contributed by atoms with Crippen LogP contribution in [0.2, 0.25) is 0 Å². The second-order valence-corrected chi connectivity index (χ2v) is 34.4. The summed E-state index contributed by atoms with van der Waals surface area (Å²) in [7, 11) is -7.83. The fraction of sp³-hybridized carbons (Fsp3) is 0.657. The van der Waals surface area contributed by atoms with Crippen molar-refractivity contribution in [3.63, 3.8) is 0 Å². The minimum Gasteiger partial charge on any atom is -0.460 e. The van der Waals surface area contributed by atoms with Gasteiger partial charge in [0, 0.05) is 56.2 Å². The van der Waals surface area contributed by atoms with E-state index in [1.165, 1.54) is 31.7 Å². The van der Waals surface area contributed by atoms with Crippen LogP contribution in [-0.4, -0.2) is 193 Å². The van der Waals surface area contributed by atoms with Crippen molar-refractivity contribution in [3.05, 3.63) is 82.4 Å². The van der Waals surface area contributed by atoms with Crippen molar-refractivity contribution in [2.75, 3.05) is 39.5 Å². The molecular formula is C70H92F2N8O20S2. The lowest BCUT2D eigenvalue weighted by atomic mass is 10.0. The summed E-state index contributed by atoms with van der Waals surface area (Å²) in [4.78, 5) is 142. The van der Waals surface area contributed by atoms with E-state index in [-0.39, 0.29) is 104 Å². The fourth-order valence-electron chi connectivity index (χ4n) is 14.2.